The van der Waals surface area contributed by atoms with Crippen LogP contribution in [-0.2, 0) is 6.42 Å². The van der Waals surface area contributed by atoms with Gasteiger partial charge in [0.25, 0.3) is 0 Å². The summed E-state index contributed by atoms with van der Waals surface area (Å²) in [5, 5.41) is 10.1. The van der Waals surface area contributed by atoms with Crippen molar-refractivity contribution in [3.8, 4) is 0 Å². The molecule has 2 rings (SSSR count). The van der Waals surface area contributed by atoms with Crippen LogP contribution in [0.5, 0.6) is 0 Å². The van der Waals surface area contributed by atoms with Gasteiger partial charge in [0, 0.05) is 23.7 Å². The first-order chi connectivity index (χ1) is 6.31. The van der Waals surface area contributed by atoms with E-state index < -0.39 is 0 Å². The van der Waals surface area contributed by atoms with E-state index in [9.17, 15) is 0 Å². The quantitative estimate of drug-likeness (QED) is 0.719. The van der Waals surface area contributed by atoms with E-state index in [4.69, 9.17) is 5.11 Å². The highest BCUT2D eigenvalue weighted by atomic mass is 16.2. The summed E-state index contributed by atoms with van der Waals surface area (Å²) < 4.78 is 0. The molecule has 2 nitrogen and oxygen atoms in total. The van der Waals surface area contributed by atoms with Crippen molar-refractivity contribution in [1.29, 1.82) is 0 Å². The van der Waals surface area contributed by atoms with Gasteiger partial charge in [-0.15, -0.1) is 0 Å². The first-order valence-electron chi connectivity index (χ1n) is 4.49. The van der Waals surface area contributed by atoms with Crippen molar-refractivity contribution in [1.82, 2.24) is 4.98 Å². The Kier molecular flexibility index (Phi) is 2.07. The van der Waals surface area contributed by atoms with Gasteiger partial charge in [-0.2, -0.15) is 0 Å². The minimum Gasteiger partial charge on any atom is -0.396 e. The Balaban J connectivity index is 2.53. The van der Waals surface area contributed by atoms with Crippen molar-refractivity contribution in [3.05, 3.63) is 35.5 Å². The van der Waals surface area contributed by atoms with Gasteiger partial charge in [-0.25, -0.2) is 0 Å². The van der Waals surface area contributed by atoms with E-state index in [-0.39, 0.29) is 6.61 Å². The zero-order chi connectivity index (χ0) is 9.26. The molecule has 0 fully saturated rings. The summed E-state index contributed by atoms with van der Waals surface area (Å²) in [5.41, 5.74) is 3.62. The van der Waals surface area contributed by atoms with Gasteiger partial charge in [0.05, 0.1) is 0 Å². The topological polar surface area (TPSA) is 36.0 Å². The SMILES string of the molecule is Cc1c[nH]c2ccc(CCO)cc12. The molecule has 68 valence electrons. The molecule has 0 aliphatic heterocycles. The zero-order valence-corrected chi connectivity index (χ0v) is 7.67. The lowest BCUT2D eigenvalue weighted by atomic mass is 10.1. The fourth-order valence-electron chi connectivity index (χ4n) is 1.59. The van der Waals surface area contributed by atoms with E-state index in [0.29, 0.717) is 0 Å². The highest BCUT2D eigenvalue weighted by molar-refractivity contribution is 5.83. The van der Waals surface area contributed by atoms with E-state index in [2.05, 4.69) is 30.1 Å². The molecule has 0 bridgehead atoms. The monoisotopic (exact) mass is 175 g/mol. The molecule has 0 aliphatic rings. The maximum absolute atomic E-state index is 8.80. The highest BCUT2D eigenvalue weighted by Gasteiger charge is 1.99. The van der Waals surface area contributed by atoms with Crippen LogP contribution in [0.4, 0.5) is 0 Å². The normalized spacial score (nSPS) is 10.9. The molecular weight excluding hydrogens is 162 g/mol. The van der Waals surface area contributed by atoms with Crippen LogP contribution in [0.2, 0.25) is 0 Å². The van der Waals surface area contributed by atoms with Crippen LogP contribution in [0, 0.1) is 6.92 Å². The number of aliphatic hydroxyl groups excluding tert-OH is 1. The summed E-state index contributed by atoms with van der Waals surface area (Å²) in [6.45, 7) is 2.30. The molecule has 2 heteroatoms. The molecule has 13 heavy (non-hydrogen) atoms. The lowest BCUT2D eigenvalue weighted by Gasteiger charge is -1.98. The van der Waals surface area contributed by atoms with Gasteiger partial charge in [0.15, 0.2) is 0 Å². The molecule has 0 atom stereocenters. The Hall–Kier alpha value is -1.28. The number of rotatable bonds is 2. The Bertz CT molecular complexity index is 417. The molecule has 0 aliphatic carbocycles. The standard InChI is InChI=1S/C11H13NO/c1-8-7-12-11-3-2-9(4-5-13)6-10(8)11/h2-3,6-7,12-13H,4-5H2,1H3. The van der Waals surface area contributed by atoms with E-state index in [1.54, 1.807) is 0 Å². The smallest absolute Gasteiger partial charge is 0.0471 e. The van der Waals surface area contributed by atoms with Gasteiger partial charge in [0.2, 0.25) is 0 Å². The number of fused-ring (bicyclic) bond motifs is 1. The van der Waals surface area contributed by atoms with Gasteiger partial charge >= 0.3 is 0 Å². The first kappa shape index (κ1) is 8.32. The number of aromatic amines is 1. The average Bonchev–Trinajstić information content (AvgIpc) is 2.49. The molecule has 2 aromatic rings. The van der Waals surface area contributed by atoms with Gasteiger partial charge in [-0.1, -0.05) is 6.07 Å². The molecule has 1 aromatic carbocycles. The highest BCUT2D eigenvalue weighted by Crippen LogP contribution is 2.18. The third kappa shape index (κ3) is 1.45. The molecule has 1 aromatic heterocycles. The predicted octanol–water partition coefficient (Wildman–Crippen LogP) is 2.01. The van der Waals surface area contributed by atoms with E-state index in [1.807, 2.05) is 6.20 Å². The number of hydrogen-bond acceptors (Lipinski definition) is 1. The van der Waals surface area contributed by atoms with Gasteiger partial charge < -0.3 is 10.1 Å². The summed E-state index contributed by atoms with van der Waals surface area (Å²) in [7, 11) is 0. The molecule has 2 N–H and O–H groups in total. The number of hydrogen-bond donors (Lipinski definition) is 2. The van der Waals surface area contributed by atoms with Crippen LogP contribution < -0.4 is 0 Å². The van der Waals surface area contributed by atoms with Crippen LogP contribution in [0.15, 0.2) is 24.4 Å². The molecule has 0 amide bonds. The molecular formula is C11H13NO. The van der Waals surface area contributed by atoms with E-state index >= 15 is 0 Å². The third-order valence-electron chi connectivity index (χ3n) is 2.35. The number of nitrogens with one attached hydrogen (secondary N) is 1. The summed E-state index contributed by atoms with van der Waals surface area (Å²) in [6, 6.07) is 6.25. The van der Waals surface area contributed by atoms with Gasteiger partial charge in [-0.05, 0) is 36.6 Å². The van der Waals surface area contributed by atoms with Gasteiger partial charge in [-0.3, -0.25) is 0 Å². The van der Waals surface area contributed by atoms with Crippen molar-refractivity contribution < 1.29 is 5.11 Å². The lowest BCUT2D eigenvalue weighted by molar-refractivity contribution is 0.299. The minimum atomic E-state index is 0.217. The van der Waals surface area contributed by atoms with Crippen LogP contribution in [0.1, 0.15) is 11.1 Å². The lowest BCUT2D eigenvalue weighted by Crippen LogP contribution is -1.89. The molecule has 0 saturated heterocycles. The summed E-state index contributed by atoms with van der Waals surface area (Å²) in [4.78, 5) is 3.19. The second kappa shape index (κ2) is 3.23. The minimum absolute atomic E-state index is 0.217. The maximum atomic E-state index is 8.80. The van der Waals surface area contributed by atoms with E-state index in [0.717, 1.165) is 6.42 Å². The van der Waals surface area contributed by atoms with Crippen LogP contribution in [0.25, 0.3) is 10.9 Å². The molecule has 0 saturated carbocycles. The predicted molar refractivity (Wildman–Crippen MR) is 53.8 cm³/mol. The Morgan fingerprint density at radius 2 is 2.23 bits per heavy atom. The molecule has 1 heterocycles. The fourth-order valence-corrected chi connectivity index (χ4v) is 1.59. The third-order valence-corrected chi connectivity index (χ3v) is 2.35. The van der Waals surface area contributed by atoms with Crippen LogP contribution >= 0.6 is 0 Å². The maximum Gasteiger partial charge on any atom is 0.0471 e. The summed E-state index contributed by atoms with van der Waals surface area (Å²) in [6.07, 6.45) is 2.74. The van der Waals surface area contributed by atoms with Crippen LogP contribution in [-0.4, -0.2) is 16.7 Å². The zero-order valence-electron chi connectivity index (χ0n) is 7.67. The van der Waals surface area contributed by atoms with Crippen molar-refractivity contribution >= 4 is 10.9 Å². The Morgan fingerprint density at radius 1 is 1.38 bits per heavy atom. The number of benzene rings is 1. The number of H-pyrrole nitrogens is 1. The largest absolute Gasteiger partial charge is 0.396 e. The average molecular weight is 175 g/mol. The van der Waals surface area contributed by atoms with Gasteiger partial charge in [0.1, 0.15) is 0 Å². The number of aryl methyl sites for hydroxylation is 1. The second-order valence-electron chi connectivity index (χ2n) is 3.33. The number of aromatic nitrogens is 1. The summed E-state index contributed by atoms with van der Waals surface area (Å²) in [5.74, 6) is 0. The number of aliphatic hydroxyl groups is 1. The molecule has 0 radical (unpaired) electrons. The van der Waals surface area contributed by atoms with Crippen molar-refractivity contribution in [2.45, 2.75) is 13.3 Å². The molecule has 0 spiro atoms. The fraction of sp³-hybridized carbons (Fsp3) is 0.273. The van der Waals surface area contributed by atoms with Crippen molar-refractivity contribution in [2.24, 2.45) is 0 Å². The van der Waals surface area contributed by atoms with E-state index in [1.165, 1.54) is 22.0 Å². The Morgan fingerprint density at radius 3 is 3.00 bits per heavy atom. The second-order valence-corrected chi connectivity index (χ2v) is 3.33. The molecule has 0 unspecified atom stereocenters. The first-order valence-corrected chi connectivity index (χ1v) is 4.49. The van der Waals surface area contributed by atoms with Crippen molar-refractivity contribution in [2.75, 3.05) is 6.61 Å². The van der Waals surface area contributed by atoms with Crippen molar-refractivity contribution in [3.63, 3.8) is 0 Å². The summed E-state index contributed by atoms with van der Waals surface area (Å²) >= 11 is 0. The van der Waals surface area contributed by atoms with Crippen LogP contribution in [0.3, 0.4) is 0 Å². The Labute approximate surface area is 77.2 Å².